The Hall–Kier alpha value is -1.78. The number of methoxy groups -OCH3 is 1. The third kappa shape index (κ3) is 3.12. The van der Waals surface area contributed by atoms with E-state index in [0.29, 0.717) is 11.4 Å². The van der Waals surface area contributed by atoms with Gasteiger partial charge in [-0.3, -0.25) is 4.79 Å². The second-order valence-electron chi connectivity index (χ2n) is 3.46. The lowest BCUT2D eigenvalue weighted by Gasteiger charge is -2.12. The Bertz CT molecular complexity index is 381. The van der Waals surface area contributed by atoms with Crippen LogP contribution in [0.25, 0.3) is 0 Å². The molecule has 1 aromatic rings. The third-order valence-corrected chi connectivity index (χ3v) is 2.18. The lowest BCUT2D eigenvalue weighted by atomic mass is 10.2. The summed E-state index contributed by atoms with van der Waals surface area (Å²) in [5, 5.41) is 11.5. The Morgan fingerprint density at radius 2 is 2.31 bits per heavy atom. The van der Waals surface area contributed by atoms with Crippen molar-refractivity contribution in [2.24, 2.45) is 5.92 Å². The molecule has 88 valence electrons. The maximum absolute atomic E-state index is 13.0. The van der Waals surface area contributed by atoms with Gasteiger partial charge in [0.15, 0.2) is 0 Å². The molecular weight excluding hydrogens is 213 g/mol. The Morgan fingerprint density at radius 3 is 2.88 bits per heavy atom. The molecule has 2 N–H and O–H groups in total. The molecule has 1 atom stereocenters. The summed E-state index contributed by atoms with van der Waals surface area (Å²) >= 11 is 0. The van der Waals surface area contributed by atoms with E-state index in [9.17, 15) is 9.18 Å². The van der Waals surface area contributed by atoms with Gasteiger partial charge in [0.25, 0.3) is 0 Å². The van der Waals surface area contributed by atoms with Gasteiger partial charge in [-0.1, -0.05) is 6.92 Å². The van der Waals surface area contributed by atoms with E-state index in [-0.39, 0.29) is 6.54 Å². The summed E-state index contributed by atoms with van der Waals surface area (Å²) in [7, 11) is 1.47. The standard InChI is InChI=1S/C11H14FNO3/c1-7(11(14)15)6-13-9-5-8(12)3-4-10(9)16-2/h3-5,7,13H,6H2,1-2H3,(H,14,15). The van der Waals surface area contributed by atoms with Gasteiger partial charge in [0.2, 0.25) is 0 Å². The number of benzene rings is 1. The fourth-order valence-electron chi connectivity index (χ4n) is 1.17. The van der Waals surface area contributed by atoms with Crippen LogP contribution in [-0.2, 0) is 4.79 Å². The van der Waals surface area contributed by atoms with Crippen LogP contribution < -0.4 is 10.1 Å². The Morgan fingerprint density at radius 1 is 1.62 bits per heavy atom. The number of carboxylic acid groups (broad SMARTS) is 1. The fraction of sp³-hybridized carbons (Fsp3) is 0.364. The number of hydrogen-bond acceptors (Lipinski definition) is 3. The highest BCUT2D eigenvalue weighted by Crippen LogP contribution is 2.24. The second-order valence-corrected chi connectivity index (χ2v) is 3.46. The number of hydrogen-bond donors (Lipinski definition) is 2. The molecule has 1 aromatic carbocycles. The fourth-order valence-corrected chi connectivity index (χ4v) is 1.17. The van der Waals surface area contributed by atoms with Crippen LogP contribution in [0.4, 0.5) is 10.1 Å². The van der Waals surface area contributed by atoms with Crippen LogP contribution in [0.3, 0.4) is 0 Å². The zero-order chi connectivity index (χ0) is 12.1. The van der Waals surface area contributed by atoms with Gasteiger partial charge in [0.1, 0.15) is 11.6 Å². The molecule has 4 nitrogen and oxygen atoms in total. The van der Waals surface area contributed by atoms with E-state index in [1.807, 2.05) is 0 Å². The number of anilines is 1. The molecule has 0 heterocycles. The molecule has 0 spiro atoms. The van der Waals surface area contributed by atoms with Gasteiger partial charge < -0.3 is 15.2 Å². The number of nitrogens with one attached hydrogen (secondary N) is 1. The largest absolute Gasteiger partial charge is 0.495 e. The Kier molecular flexibility index (Phi) is 4.10. The molecule has 0 saturated carbocycles. The van der Waals surface area contributed by atoms with Crippen LogP contribution in [0.2, 0.25) is 0 Å². The first-order chi connectivity index (χ1) is 7.54. The first-order valence-corrected chi connectivity index (χ1v) is 4.84. The molecule has 16 heavy (non-hydrogen) atoms. The van der Waals surface area contributed by atoms with E-state index in [4.69, 9.17) is 9.84 Å². The number of carboxylic acids is 1. The smallest absolute Gasteiger partial charge is 0.308 e. The molecule has 0 aromatic heterocycles. The average Bonchev–Trinajstić information content (AvgIpc) is 2.25. The van der Waals surface area contributed by atoms with Crippen LogP contribution >= 0.6 is 0 Å². The van der Waals surface area contributed by atoms with Crippen molar-refractivity contribution < 1.29 is 19.0 Å². The van der Waals surface area contributed by atoms with Crippen molar-refractivity contribution in [3.05, 3.63) is 24.0 Å². The maximum Gasteiger partial charge on any atom is 0.308 e. The van der Waals surface area contributed by atoms with E-state index in [2.05, 4.69) is 5.32 Å². The van der Waals surface area contributed by atoms with Crippen LogP contribution in [0.5, 0.6) is 5.75 Å². The highest BCUT2D eigenvalue weighted by molar-refractivity contribution is 5.70. The molecule has 1 unspecified atom stereocenters. The summed E-state index contributed by atoms with van der Waals surface area (Å²) in [4.78, 5) is 10.6. The molecule has 0 saturated heterocycles. The molecule has 0 aliphatic carbocycles. The number of carbonyl (C=O) groups is 1. The van der Waals surface area contributed by atoms with Crippen LogP contribution in [0.1, 0.15) is 6.92 Å². The molecule has 0 radical (unpaired) electrons. The zero-order valence-electron chi connectivity index (χ0n) is 9.16. The SMILES string of the molecule is COc1ccc(F)cc1NCC(C)C(=O)O. The normalized spacial score (nSPS) is 11.9. The summed E-state index contributed by atoms with van der Waals surface area (Å²) in [6, 6.07) is 4.04. The van der Waals surface area contributed by atoms with Crippen molar-refractivity contribution in [1.82, 2.24) is 0 Å². The van der Waals surface area contributed by atoms with Gasteiger partial charge in [0.05, 0.1) is 18.7 Å². The summed E-state index contributed by atoms with van der Waals surface area (Å²) in [6.07, 6.45) is 0. The van der Waals surface area contributed by atoms with Crippen molar-refractivity contribution in [2.75, 3.05) is 19.0 Å². The molecule has 0 bridgehead atoms. The van der Waals surface area contributed by atoms with Gasteiger partial charge in [-0.2, -0.15) is 0 Å². The monoisotopic (exact) mass is 227 g/mol. The highest BCUT2D eigenvalue weighted by Gasteiger charge is 2.11. The first kappa shape index (κ1) is 12.3. The Labute approximate surface area is 93.0 Å². The number of aliphatic carboxylic acids is 1. The number of halogens is 1. The van der Waals surface area contributed by atoms with Gasteiger partial charge in [0, 0.05) is 12.6 Å². The summed E-state index contributed by atoms with van der Waals surface area (Å²) in [6.45, 7) is 1.79. The molecule has 0 aliphatic heterocycles. The molecule has 0 fully saturated rings. The number of ether oxygens (including phenoxy) is 1. The van der Waals surface area contributed by atoms with Crippen molar-refractivity contribution in [1.29, 1.82) is 0 Å². The van der Waals surface area contributed by atoms with Crippen LogP contribution in [0.15, 0.2) is 18.2 Å². The maximum atomic E-state index is 13.0. The van der Waals surface area contributed by atoms with Crippen molar-refractivity contribution >= 4 is 11.7 Å². The summed E-state index contributed by atoms with van der Waals surface area (Å²) in [5.74, 6) is -1.36. The lowest BCUT2D eigenvalue weighted by Crippen LogP contribution is -2.19. The minimum atomic E-state index is -0.900. The molecule has 0 aliphatic rings. The van der Waals surface area contributed by atoms with Gasteiger partial charge in [-0.15, -0.1) is 0 Å². The second kappa shape index (κ2) is 5.34. The van der Waals surface area contributed by atoms with Crippen LogP contribution in [0, 0.1) is 11.7 Å². The van der Waals surface area contributed by atoms with E-state index < -0.39 is 17.7 Å². The quantitative estimate of drug-likeness (QED) is 0.807. The van der Waals surface area contributed by atoms with Crippen molar-refractivity contribution in [3.63, 3.8) is 0 Å². The summed E-state index contributed by atoms with van der Waals surface area (Å²) < 4.78 is 18.0. The molecular formula is C11H14FNO3. The minimum Gasteiger partial charge on any atom is -0.495 e. The van der Waals surface area contributed by atoms with Gasteiger partial charge in [-0.05, 0) is 12.1 Å². The van der Waals surface area contributed by atoms with Gasteiger partial charge in [-0.25, -0.2) is 4.39 Å². The average molecular weight is 227 g/mol. The molecule has 1 rings (SSSR count). The van der Waals surface area contributed by atoms with Crippen LogP contribution in [-0.4, -0.2) is 24.7 Å². The third-order valence-electron chi connectivity index (χ3n) is 2.18. The number of rotatable bonds is 5. The van der Waals surface area contributed by atoms with E-state index in [0.717, 1.165) is 0 Å². The zero-order valence-corrected chi connectivity index (χ0v) is 9.16. The van der Waals surface area contributed by atoms with Gasteiger partial charge >= 0.3 is 5.97 Å². The predicted octanol–water partition coefficient (Wildman–Crippen LogP) is 1.97. The Balaban J connectivity index is 2.72. The topological polar surface area (TPSA) is 58.6 Å². The van der Waals surface area contributed by atoms with Crippen molar-refractivity contribution in [3.8, 4) is 5.75 Å². The lowest BCUT2D eigenvalue weighted by molar-refractivity contribution is -0.140. The molecule has 5 heteroatoms. The molecule has 0 amide bonds. The predicted molar refractivity (Wildman–Crippen MR) is 58.2 cm³/mol. The van der Waals surface area contributed by atoms with E-state index >= 15 is 0 Å². The van der Waals surface area contributed by atoms with E-state index in [1.165, 1.54) is 25.3 Å². The summed E-state index contributed by atoms with van der Waals surface area (Å²) in [5.41, 5.74) is 0.454. The highest BCUT2D eigenvalue weighted by atomic mass is 19.1. The van der Waals surface area contributed by atoms with Crippen molar-refractivity contribution in [2.45, 2.75) is 6.92 Å². The van der Waals surface area contributed by atoms with E-state index in [1.54, 1.807) is 6.92 Å². The first-order valence-electron chi connectivity index (χ1n) is 4.84. The minimum absolute atomic E-state index is 0.217.